The second-order valence-electron chi connectivity index (χ2n) is 8.95. The number of likely N-dealkylation sites (N-methyl/N-ethyl adjacent to an activating group) is 1. The number of fused-ring (bicyclic) bond motifs is 1. The fraction of sp³-hybridized carbons (Fsp3) is 0.522. The summed E-state index contributed by atoms with van der Waals surface area (Å²) in [6, 6.07) is 7.01. The first-order valence-electron chi connectivity index (χ1n) is 11.0. The second-order valence-corrected chi connectivity index (χ2v) is 8.95. The van der Waals surface area contributed by atoms with Crippen molar-refractivity contribution in [3.8, 4) is 0 Å². The molecule has 0 atom stereocenters. The summed E-state index contributed by atoms with van der Waals surface area (Å²) in [6.07, 6.45) is 1.66. The molecular weight excluding hydrogens is 390 g/mol. The highest BCUT2D eigenvalue weighted by Crippen LogP contribution is 2.28. The minimum atomic E-state index is 0.634. The highest BCUT2D eigenvalue weighted by molar-refractivity contribution is 5.78. The van der Waals surface area contributed by atoms with Crippen LogP contribution in [0.2, 0.25) is 0 Å². The first-order chi connectivity index (χ1) is 15.0. The lowest BCUT2D eigenvalue weighted by atomic mass is 10.1. The van der Waals surface area contributed by atoms with Crippen molar-refractivity contribution in [3.63, 3.8) is 0 Å². The van der Waals surface area contributed by atoms with Crippen LogP contribution in [0.25, 0.3) is 11.1 Å². The molecule has 3 aromatic rings. The Balaban J connectivity index is 1.21. The van der Waals surface area contributed by atoms with Crippen LogP contribution in [0.5, 0.6) is 0 Å². The van der Waals surface area contributed by atoms with Gasteiger partial charge in [0.15, 0.2) is 5.58 Å². The van der Waals surface area contributed by atoms with Gasteiger partial charge in [0.1, 0.15) is 17.7 Å². The summed E-state index contributed by atoms with van der Waals surface area (Å²) in [5, 5.41) is 0. The minimum Gasteiger partial charge on any atom is -0.439 e. The van der Waals surface area contributed by atoms with E-state index in [2.05, 4.69) is 68.8 Å². The van der Waals surface area contributed by atoms with E-state index in [1.807, 2.05) is 6.92 Å². The van der Waals surface area contributed by atoms with E-state index in [0.717, 1.165) is 74.3 Å². The molecule has 0 unspecified atom stereocenters. The Morgan fingerprint density at radius 2 is 1.81 bits per heavy atom. The molecule has 164 valence electrons. The second kappa shape index (κ2) is 8.09. The van der Waals surface area contributed by atoms with Gasteiger partial charge >= 0.3 is 0 Å². The average molecular weight is 422 g/mol. The van der Waals surface area contributed by atoms with Gasteiger partial charge in [0.2, 0.25) is 5.89 Å². The molecule has 1 aromatic carbocycles. The molecule has 0 N–H and O–H groups in total. The van der Waals surface area contributed by atoms with E-state index < -0.39 is 0 Å². The maximum Gasteiger partial charge on any atom is 0.209 e. The maximum absolute atomic E-state index is 6.13. The largest absolute Gasteiger partial charge is 0.439 e. The van der Waals surface area contributed by atoms with E-state index in [4.69, 9.17) is 9.40 Å². The Labute approximate surface area is 183 Å². The highest BCUT2D eigenvalue weighted by atomic mass is 16.3. The van der Waals surface area contributed by atoms with Gasteiger partial charge in [-0.25, -0.2) is 15.0 Å². The first kappa shape index (κ1) is 20.2. The van der Waals surface area contributed by atoms with Gasteiger partial charge in [-0.2, -0.15) is 0 Å². The minimum absolute atomic E-state index is 0.634. The maximum atomic E-state index is 6.13. The van der Waals surface area contributed by atoms with Crippen LogP contribution in [0.4, 0.5) is 11.5 Å². The van der Waals surface area contributed by atoms with Crippen LogP contribution in [-0.4, -0.2) is 84.2 Å². The summed E-state index contributed by atoms with van der Waals surface area (Å²) in [5.41, 5.74) is 5.26. The van der Waals surface area contributed by atoms with E-state index in [0.29, 0.717) is 6.04 Å². The quantitative estimate of drug-likeness (QED) is 0.622. The molecule has 2 aromatic heterocycles. The average Bonchev–Trinajstić information content (AvgIpc) is 3.11. The number of aryl methyl sites for hydroxylation is 1. The van der Waals surface area contributed by atoms with E-state index in [1.165, 1.54) is 11.3 Å². The lowest BCUT2D eigenvalue weighted by Crippen LogP contribution is -2.57. The molecule has 2 saturated heterocycles. The fourth-order valence-corrected chi connectivity index (χ4v) is 4.37. The van der Waals surface area contributed by atoms with E-state index in [9.17, 15) is 0 Å². The summed E-state index contributed by atoms with van der Waals surface area (Å²) in [7, 11) is 4.28. The number of hydrogen-bond donors (Lipinski definition) is 0. The van der Waals surface area contributed by atoms with E-state index in [1.54, 1.807) is 6.33 Å². The highest BCUT2D eigenvalue weighted by Gasteiger charge is 2.29. The van der Waals surface area contributed by atoms with Gasteiger partial charge in [-0.1, -0.05) is 0 Å². The number of hydrogen-bond acceptors (Lipinski definition) is 8. The zero-order valence-electron chi connectivity index (χ0n) is 18.9. The molecule has 2 aliphatic heterocycles. The van der Waals surface area contributed by atoms with Crippen molar-refractivity contribution in [2.24, 2.45) is 0 Å². The van der Waals surface area contributed by atoms with Crippen LogP contribution in [-0.2, 0) is 6.54 Å². The summed E-state index contributed by atoms with van der Waals surface area (Å²) >= 11 is 0. The van der Waals surface area contributed by atoms with E-state index >= 15 is 0 Å². The van der Waals surface area contributed by atoms with Gasteiger partial charge in [-0.15, -0.1) is 0 Å². The number of anilines is 2. The van der Waals surface area contributed by atoms with Crippen LogP contribution in [0.3, 0.4) is 0 Å². The monoisotopic (exact) mass is 421 g/mol. The number of aromatic nitrogens is 3. The van der Waals surface area contributed by atoms with Crippen LogP contribution in [0, 0.1) is 13.8 Å². The van der Waals surface area contributed by atoms with Crippen LogP contribution >= 0.6 is 0 Å². The van der Waals surface area contributed by atoms with Crippen molar-refractivity contribution >= 4 is 22.6 Å². The molecule has 2 fully saturated rings. The molecule has 8 nitrogen and oxygen atoms in total. The van der Waals surface area contributed by atoms with Gasteiger partial charge < -0.3 is 19.1 Å². The molecule has 4 heterocycles. The topological polar surface area (TPSA) is 64.8 Å². The van der Waals surface area contributed by atoms with Crippen molar-refractivity contribution in [2.75, 3.05) is 63.2 Å². The summed E-state index contributed by atoms with van der Waals surface area (Å²) in [4.78, 5) is 23.0. The molecule has 0 amide bonds. The fourth-order valence-electron chi connectivity index (χ4n) is 4.37. The molecule has 2 aliphatic rings. The van der Waals surface area contributed by atoms with Crippen molar-refractivity contribution in [1.29, 1.82) is 0 Å². The normalized spacial score (nSPS) is 18.2. The number of rotatable bonds is 5. The van der Waals surface area contributed by atoms with Gasteiger partial charge in [0.25, 0.3) is 0 Å². The predicted molar refractivity (Wildman–Crippen MR) is 123 cm³/mol. The number of nitrogens with zero attached hydrogens (tertiary/aromatic N) is 7. The van der Waals surface area contributed by atoms with Crippen molar-refractivity contribution in [3.05, 3.63) is 41.7 Å². The Hall–Kier alpha value is -2.71. The van der Waals surface area contributed by atoms with Crippen LogP contribution in [0.1, 0.15) is 17.1 Å². The smallest absolute Gasteiger partial charge is 0.209 e. The van der Waals surface area contributed by atoms with Gasteiger partial charge in [0.05, 0.1) is 6.54 Å². The molecule has 0 radical (unpaired) electrons. The van der Waals surface area contributed by atoms with E-state index in [-0.39, 0.29) is 0 Å². The van der Waals surface area contributed by atoms with Crippen molar-refractivity contribution in [1.82, 2.24) is 24.8 Å². The van der Waals surface area contributed by atoms with Crippen LogP contribution in [0.15, 0.2) is 28.9 Å². The van der Waals surface area contributed by atoms with Crippen molar-refractivity contribution in [2.45, 2.75) is 26.4 Å². The Morgan fingerprint density at radius 3 is 2.55 bits per heavy atom. The Kier molecular flexibility index (Phi) is 5.27. The molecule has 5 rings (SSSR count). The summed E-state index contributed by atoms with van der Waals surface area (Å²) in [5.74, 6) is 1.86. The molecule has 0 spiro atoms. The Bertz CT molecular complexity index is 1060. The third kappa shape index (κ3) is 3.97. The predicted octanol–water partition coefficient (Wildman–Crippen LogP) is 2.31. The number of piperazine rings is 1. The summed E-state index contributed by atoms with van der Waals surface area (Å²) in [6.45, 7) is 10.8. The Morgan fingerprint density at radius 1 is 1.03 bits per heavy atom. The molecule has 0 aliphatic carbocycles. The van der Waals surface area contributed by atoms with Gasteiger partial charge in [-0.3, -0.25) is 4.90 Å². The van der Waals surface area contributed by atoms with Crippen LogP contribution < -0.4 is 9.80 Å². The lowest BCUT2D eigenvalue weighted by molar-refractivity contribution is 0.228. The standard InChI is InChI=1S/C23H31N7O/c1-16-17(2)24-15-25-23(16)29-9-7-28(8-10-29)14-22-26-20-6-5-18(11-21(20)31-22)30-12-19(13-30)27(3)4/h5-6,11,15,19H,7-10,12-14H2,1-4H3. The summed E-state index contributed by atoms with van der Waals surface area (Å²) < 4.78 is 6.13. The molecule has 8 heteroatoms. The third-order valence-corrected chi connectivity index (χ3v) is 6.71. The van der Waals surface area contributed by atoms with Gasteiger partial charge in [-0.05, 0) is 40.1 Å². The molecule has 0 saturated carbocycles. The molecule has 31 heavy (non-hydrogen) atoms. The third-order valence-electron chi connectivity index (χ3n) is 6.71. The molecule has 0 bridgehead atoms. The zero-order chi connectivity index (χ0) is 21.5. The lowest BCUT2D eigenvalue weighted by Gasteiger charge is -2.44. The SMILES string of the molecule is Cc1ncnc(N2CCN(Cc3nc4ccc(N5CC(N(C)C)C5)cc4o3)CC2)c1C. The molecular formula is C23H31N7O. The first-order valence-corrected chi connectivity index (χ1v) is 11.0. The number of oxazole rings is 1. The van der Waals surface area contributed by atoms with Gasteiger partial charge in [0, 0.05) is 68.3 Å². The van der Waals surface area contributed by atoms with Crippen molar-refractivity contribution < 1.29 is 4.42 Å². The zero-order valence-corrected chi connectivity index (χ0v) is 18.9. The number of benzene rings is 1.